The van der Waals surface area contributed by atoms with E-state index in [1.807, 2.05) is 0 Å². The van der Waals surface area contributed by atoms with Gasteiger partial charge < -0.3 is 23.7 Å². The molecule has 0 aliphatic carbocycles. The molecule has 1 aromatic carbocycles. The molecule has 0 aromatic heterocycles. The lowest BCUT2D eigenvalue weighted by atomic mass is 10.0. The summed E-state index contributed by atoms with van der Waals surface area (Å²) in [5, 5.41) is 10.8. The van der Waals surface area contributed by atoms with Gasteiger partial charge in [0.15, 0.2) is 6.04 Å². The standard InChI is InChI=1S/C24H33N3O11/c1-23(2,3)37-20(29)25-12-13-26(21(30)38-24(4,5)6)18(19(28)34-7)17(25)14-35-22(31)36-16-10-8-15(9-11-16)27(32)33/h8-11,17-18H,12-14H2,1-7H3/t17-,18?/m0/s1. The van der Waals surface area contributed by atoms with Crippen LogP contribution in [0.5, 0.6) is 5.75 Å². The lowest BCUT2D eigenvalue weighted by molar-refractivity contribution is -0.384. The number of nitro benzene ring substituents is 1. The van der Waals surface area contributed by atoms with E-state index >= 15 is 0 Å². The van der Waals surface area contributed by atoms with Crippen LogP contribution in [0.1, 0.15) is 41.5 Å². The molecule has 1 aliphatic heterocycles. The topological polar surface area (TPSA) is 164 Å². The minimum Gasteiger partial charge on any atom is -0.467 e. The van der Waals surface area contributed by atoms with Crippen molar-refractivity contribution in [3.63, 3.8) is 0 Å². The van der Waals surface area contributed by atoms with Crippen molar-refractivity contribution in [1.29, 1.82) is 0 Å². The number of nitro groups is 1. The first-order chi connectivity index (χ1) is 17.5. The van der Waals surface area contributed by atoms with Crippen molar-refractivity contribution in [2.75, 3.05) is 26.8 Å². The second-order valence-electron chi connectivity index (χ2n) is 10.3. The summed E-state index contributed by atoms with van der Waals surface area (Å²) in [6.07, 6.45) is -2.83. The van der Waals surface area contributed by atoms with E-state index in [-0.39, 0.29) is 24.5 Å². The average Bonchev–Trinajstić information content (AvgIpc) is 2.79. The molecule has 0 spiro atoms. The highest BCUT2D eigenvalue weighted by Gasteiger charge is 2.48. The maximum absolute atomic E-state index is 13.0. The second kappa shape index (κ2) is 12.0. The molecule has 210 valence electrons. The third kappa shape index (κ3) is 8.49. The normalized spacial score (nSPS) is 17.8. The van der Waals surface area contributed by atoms with Crippen LogP contribution in [0.25, 0.3) is 0 Å². The molecule has 1 aromatic rings. The smallest absolute Gasteiger partial charge is 0.467 e. The molecule has 1 heterocycles. The van der Waals surface area contributed by atoms with Crippen LogP contribution < -0.4 is 4.74 Å². The molecule has 2 atom stereocenters. The van der Waals surface area contributed by atoms with E-state index in [1.54, 1.807) is 41.5 Å². The Morgan fingerprint density at radius 3 is 1.89 bits per heavy atom. The predicted octanol–water partition coefficient (Wildman–Crippen LogP) is 3.51. The van der Waals surface area contributed by atoms with E-state index in [9.17, 15) is 29.3 Å². The number of carbonyl (C=O) groups is 4. The number of hydrogen-bond acceptors (Lipinski definition) is 11. The van der Waals surface area contributed by atoms with Crippen LogP contribution in [0, 0.1) is 10.1 Å². The van der Waals surface area contributed by atoms with Crippen molar-refractivity contribution in [2.24, 2.45) is 0 Å². The summed E-state index contributed by atoms with van der Waals surface area (Å²) in [4.78, 5) is 63.6. The Balaban J connectivity index is 2.30. The molecule has 1 aliphatic rings. The van der Waals surface area contributed by atoms with E-state index < -0.39 is 59.1 Å². The highest BCUT2D eigenvalue weighted by Crippen LogP contribution is 2.25. The summed E-state index contributed by atoms with van der Waals surface area (Å²) in [6.45, 7) is 9.22. The quantitative estimate of drug-likeness (QED) is 0.177. The van der Waals surface area contributed by atoms with Crippen molar-refractivity contribution >= 4 is 30.0 Å². The highest BCUT2D eigenvalue weighted by atomic mass is 16.7. The fourth-order valence-electron chi connectivity index (χ4n) is 3.47. The van der Waals surface area contributed by atoms with Crippen LogP contribution >= 0.6 is 0 Å². The maximum Gasteiger partial charge on any atom is 0.513 e. The van der Waals surface area contributed by atoms with Gasteiger partial charge in [0.1, 0.15) is 29.6 Å². The Morgan fingerprint density at radius 2 is 1.42 bits per heavy atom. The SMILES string of the molecule is COC(=O)C1[C@H](COC(=O)Oc2ccc([N+](=O)[O-])cc2)N(C(=O)OC(C)(C)C)CCN1C(=O)OC(C)(C)C. The van der Waals surface area contributed by atoms with Crippen LogP contribution in [-0.2, 0) is 23.7 Å². The van der Waals surface area contributed by atoms with Crippen molar-refractivity contribution < 1.29 is 47.8 Å². The molecule has 2 amide bonds. The maximum atomic E-state index is 13.0. The highest BCUT2D eigenvalue weighted by molar-refractivity contribution is 5.84. The van der Waals surface area contributed by atoms with Gasteiger partial charge in [-0.05, 0) is 53.7 Å². The number of amides is 2. The second-order valence-corrected chi connectivity index (χ2v) is 10.3. The van der Waals surface area contributed by atoms with Crippen molar-refractivity contribution in [2.45, 2.75) is 64.8 Å². The number of non-ortho nitro benzene ring substituents is 1. The van der Waals surface area contributed by atoms with Crippen molar-refractivity contribution in [3.8, 4) is 5.75 Å². The number of ether oxygens (including phenoxy) is 5. The minimum atomic E-state index is -1.40. The number of benzene rings is 1. The number of esters is 1. The molecule has 0 bridgehead atoms. The molecule has 1 saturated heterocycles. The fourth-order valence-corrected chi connectivity index (χ4v) is 3.47. The Bertz CT molecular complexity index is 1040. The number of nitrogens with zero attached hydrogens (tertiary/aromatic N) is 3. The summed E-state index contributed by atoms with van der Waals surface area (Å²) < 4.78 is 26.0. The van der Waals surface area contributed by atoms with Crippen LogP contribution in [0.3, 0.4) is 0 Å². The Labute approximate surface area is 219 Å². The van der Waals surface area contributed by atoms with Crippen LogP contribution in [0.15, 0.2) is 24.3 Å². The number of methoxy groups -OCH3 is 1. The lowest BCUT2D eigenvalue weighted by Crippen LogP contribution is -2.67. The van der Waals surface area contributed by atoms with Gasteiger partial charge in [-0.25, -0.2) is 19.2 Å². The van der Waals surface area contributed by atoms with E-state index in [2.05, 4.69) is 0 Å². The van der Waals surface area contributed by atoms with Crippen LogP contribution in [0.4, 0.5) is 20.1 Å². The number of carbonyl (C=O) groups excluding carboxylic acids is 4. The molecule has 1 fully saturated rings. The zero-order valence-corrected chi connectivity index (χ0v) is 22.4. The lowest BCUT2D eigenvalue weighted by Gasteiger charge is -2.45. The molecule has 0 saturated carbocycles. The third-order valence-electron chi connectivity index (χ3n) is 5.00. The van der Waals surface area contributed by atoms with Crippen LogP contribution in [0.2, 0.25) is 0 Å². The summed E-state index contributed by atoms with van der Waals surface area (Å²) in [5.41, 5.74) is -1.95. The average molecular weight is 540 g/mol. The Kier molecular flexibility index (Phi) is 9.48. The zero-order chi connectivity index (χ0) is 28.8. The van der Waals surface area contributed by atoms with Gasteiger partial charge >= 0.3 is 24.3 Å². The zero-order valence-electron chi connectivity index (χ0n) is 22.4. The summed E-state index contributed by atoms with van der Waals surface area (Å²) in [7, 11) is 1.11. The molecule has 0 N–H and O–H groups in total. The van der Waals surface area contributed by atoms with Gasteiger partial charge in [0, 0.05) is 25.2 Å². The number of hydrogen-bond donors (Lipinski definition) is 0. The molecule has 0 radical (unpaired) electrons. The van der Waals surface area contributed by atoms with E-state index in [1.165, 1.54) is 17.0 Å². The first-order valence-electron chi connectivity index (χ1n) is 11.7. The minimum absolute atomic E-state index is 0.0341. The van der Waals surface area contributed by atoms with Crippen molar-refractivity contribution in [3.05, 3.63) is 34.4 Å². The van der Waals surface area contributed by atoms with Crippen molar-refractivity contribution in [1.82, 2.24) is 9.80 Å². The van der Waals surface area contributed by atoms with Crippen LogP contribution in [-0.4, -0.2) is 89.1 Å². The number of piperazine rings is 1. The number of rotatable bonds is 5. The third-order valence-corrected chi connectivity index (χ3v) is 5.00. The van der Waals surface area contributed by atoms with Gasteiger partial charge in [0.25, 0.3) is 5.69 Å². The Hall–Kier alpha value is -4.10. The molecule has 14 nitrogen and oxygen atoms in total. The predicted molar refractivity (Wildman–Crippen MR) is 131 cm³/mol. The van der Waals surface area contributed by atoms with Gasteiger partial charge in [-0.2, -0.15) is 0 Å². The first kappa shape index (κ1) is 30.1. The van der Waals surface area contributed by atoms with Gasteiger partial charge in [-0.3, -0.25) is 19.9 Å². The van der Waals surface area contributed by atoms with Gasteiger partial charge in [0.05, 0.1) is 12.0 Å². The largest absolute Gasteiger partial charge is 0.513 e. The molecule has 1 unspecified atom stereocenters. The van der Waals surface area contributed by atoms with E-state index in [0.29, 0.717) is 0 Å². The first-order valence-corrected chi connectivity index (χ1v) is 11.7. The van der Waals surface area contributed by atoms with Gasteiger partial charge in [-0.1, -0.05) is 0 Å². The Morgan fingerprint density at radius 1 is 0.921 bits per heavy atom. The summed E-state index contributed by atoms with van der Waals surface area (Å²) in [6, 6.07) is 2.06. The molecule has 38 heavy (non-hydrogen) atoms. The van der Waals surface area contributed by atoms with Gasteiger partial charge in [0.2, 0.25) is 0 Å². The van der Waals surface area contributed by atoms with E-state index in [0.717, 1.165) is 24.1 Å². The monoisotopic (exact) mass is 539 g/mol. The van der Waals surface area contributed by atoms with Gasteiger partial charge in [-0.15, -0.1) is 0 Å². The molecule has 14 heteroatoms. The van der Waals surface area contributed by atoms with E-state index in [4.69, 9.17) is 23.7 Å². The molecular formula is C24H33N3O11. The fraction of sp³-hybridized carbons (Fsp3) is 0.583. The molecular weight excluding hydrogens is 506 g/mol. The summed E-state index contributed by atoms with van der Waals surface area (Å²) >= 11 is 0. The summed E-state index contributed by atoms with van der Waals surface area (Å²) in [5.74, 6) is -0.908. The molecule has 2 rings (SSSR count).